The van der Waals surface area contributed by atoms with E-state index in [9.17, 15) is 10.1 Å². The summed E-state index contributed by atoms with van der Waals surface area (Å²) < 4.78 is 4.67. The van der Waals surface area contributed by atoms with Gasteiger partial charge >= 0.3 is 5.72 Å². The number of benzene rings is 1. The zero-order chi connectivity index (χ0) is 10.6. The number of nitro groups is 1. The molecule has 14 heavy (non-hydrogen) atoms. The lowest BCUT2D eigenvalue weighted by Gasteiger charge is -2.15. The summed E-state index contributed by atoms with van der Waals surface area (Å²) in [4.78, 5) is 9.99. The number of hydrogen-bond acceptors (Lipinski definition) is 4. The predicted molar refractivity (Wildman–Crippen MR) is 47.7 cm³/mol. The average molecular weight is 192 g/mol. The van der Waals surface area contributed by atoms with E-state index in [4.69, 9.17) is 5.26 Å². The van der Waals surface area contributed by atoms with Gasteiger partial charge in [0.25, 0.3) is 0 Å². The fraction of sp³-hybridized carbons (Fsp3) is 0.222. The van der Waals surface area contributed by atoms with Crippen LogP contribution in [-0.4, -0.2) is 12.0 Å². The van der Waals surface area contributed by atoms with Crippen molar-refractivity contribution in [3.8, 4) is 6.07 Å². The molecule has 0 spiro atoms. The van der Waals surface area contributed by atoms with Gasteiger partial charge in [-0.15, -0.1) is 0 Å². The molecule has 72 valence electrons. The summed E-state index contributed by atoms with van der Waals surface area (Å²) in [7, 11) is 1.14. The lowest BCUT2D eigenvalue weighted by molar-refractivity contribution is -0.618. The van der Waals surface area contributed by atoms with Crippen LogP contribution in [0, 0.1) is 21.4 Å². The molecule has 1 atom stereocenters. The quantitative estimate of drug-likeness (QED) is 0.410. The molecule has 1 aromatic rings. The Morgan fingerprint density at radius 1 is 1.50 bits per heavy atom. The molecule has 0 amide bonds. The fourth-order valence-electron chi connectivity index (χ4n) is 1.11. The van der Waals surface area contributed by atoms with Crippen molar-refractivity contribution in [2.24, 2.45) is 0 Å². The highest BCUT2D eigenvalue weighted by Gasteiger charge is 2.46. The lowest BCUT2D eigenvalue weighted by atomic mass is 10.1. The topological polar surface area (TPSA) is 76.2 Å². The molecule has 1 rings (SSSR count). The first kappa shape index (κ1) is 10.2. The zero-order valence-corrected chi connectivity index (χ0v) is 7.51. The van der Waals surface area contributed by atoms with Gasteiger partial charge in [0.05, 0.1) is 10.5 Å². The largest absolute Gasteiger partial charge is 0.439 e. The van der Waals surface area contributed by atoms with Gasteiger partial charge in [-0.05, 0) is 12.1 Å². The van der Waals surface area contributed by atoms with Gasteiger partial charge in [0.15, 0.2) is 6.07 Å². The van der Waals surface area contributed by atoms with Crippen LogP contribution in [0.2, 0.25) is 0 Å². The van der Waals surface area contributed by atoms with Crippen LogP contribution in [0.25, 0.3) is 0 Å². The molecule has 0 aromatic heterocycles. The van der Waals surface area contributed by atoms with Crippen LogP contribution in [0.3, 0.4) is 0 Å². The van der Waals surface area contributed by atoms with Crippen molar-refractivity contribution >= 4 is 0 Å². The summed E-state index contributed by atoms with van der Waals surface area (Å²) in [5, 5.41) is 19.5. The van der Waals surface area contributed by atoms with Crippen molar-refractivity contribution < 1.29 is 9.66 Å². The van der Waals surface area contributed by atoms with Crippen molar-refractivity contribution in [2.45, 2.75) is 5.72 Å². The summed E-state index contributed by atoms with van der Waals surface area (Å²) in [5.74, 6) is 0. The third kappa shape index (κ3) is 1.43. The maximum Gasteiger partial charge on any atom is 0.439 e. The van der Waals surface area contributed by atoms with Crippen LogP contribution in [0.15, 0.2) is 30.3 Å². The van der Waals surface area contributed by atoms with Gasteiger partial charge in [0, 0.05) is 7.11 Å². The maximum absolute atomic E-state index is 10.7. The smallest absolute Gasteiger partial charge is 0.302 e. The summed E-state index contributed by atoms with van der Waals surface area (Å²) in [6.45, 7) is 0. The normalized spacial score (nSPS) is 14.0. The minimum atomic E-state index is -2.10. The Hall–Kier alpha value is -1.93. The molecular weight excluding hydrogens is 184 g/mol. The Bertz CT molecular complexity index is 371. The zero-order valence-electron chi connectivity index (χ0n) is 7.51. The highest BCUT2D eigenvalue weighted by Crippen LogP contribution is 2.24. The van der Waals surface area contributed by atoms with Crippen molar-refractivity contribution in [1.29, 1.82) is 5.26 Å². The van der Waals surface area contributed by atoms with Gasteiger partial charge in [0.1, 0.15) is 0 Å². The van der Waals surface area contributed by atoms with E-state index in [0.29, 0.717) is 0 Å². The molecule has 0 aliphatic heterocycles. The Balaban J connectivity index is 3.27. The molecule has 1 unspecified atom stereocenters. The molecule has 0 aliphatic rings. The minimum absolute atomic E-state index is 0.218. The van der Waals surface area contributed by atoms with E-state index in [1.807, 2.05) is 0 Å². The first-order chi connectivity index (χ1) is 6.67. The van der Waals surface area contributed by atoms with E-state index in [2.05, 4.69) is 4.74 Å². The molecule has 1 aromatic carbocycles. The molecular formula is C9H8N2O3. The summed E-state index contributed by atoms with van der Waals surface area (Å²) in [6, 6.07) is 9.46. The molecule has 0 bridgehead atoms. The van der Waals surface area contributed by atoms with Crippen molar-refractivity contribution in [2.75, 3.05) is 7.11 Å². The highest BCUT2D eigenvalue weighted by molar-refractivity contribution is 5.25. The first-order valence-corrected chi connectivity index (χ1v) is 3.84. The Morgan fingerprint density at radius 3 is 2.43 bits per heavy atom. The molecule has 0 saturated heterocycles. The molecule has 0 aliphatic carbocycles. The molecule has 0 heterocycles. The monoisotopic (exact) mass is 192 g/mol. The second kappa shape index (κ2) is 3.85. The van der Waals surface area contributed by atoms with Crippen molar-refractivity contribution in [1.82, 2.24) is 0 Å². The number of rotatable bonds is 3. The summed E-state index contributed by atoms with van der Waals surface area (Å²) >= 11 is 0. The van der Waals surface area contributed by atoms with Gasteiger partial charge in [0.2, 0.25) is 0 Å². The van der Waals surface area contributed by atoms with Crippen LogP contribution in [0.4, 0.5) is 0 Å². The van der Waals surface area contributed by atoms with E-state index in [1.54, 1.807) is 24.3 Å². The highest BCUT2D eigenvalue weighted by atomic mass is 16.7. The molecule has 5 nitrogen and oxygen atoms in total. The fourth-order valence-corrected chi connectivity index (χ4v) is 1.11. The number of nitriles is 1. The molecule has 0 saturated carbocycles. The summed E-state index contributed by atoms with van der Waals surface area (Å²) in [6.07, 6.45) is 0. The number of methoxy groups -OCH3 is 1. The molecule has 0 radical (unpaired) electrons. The van der Waals surface area contributed by atoms with Crippen LogP contribution in [0.5, 0.6) is 0 Å². The average Bonchev–Trinajstić information content (AvgIpc) is 2.22. The number of nitrogens with zero attached hydrogens (tertiary/aromatic N) is 2. The minimum Gasteiger partial charge on any atom is -0.302 e. The second-order valence-corrected chi connectivity index (χ2v) is 2.58. The van der Waals surface area contributed by atoms with Crippen LogP contribution >= 0.6 is 0 Å². The van der Waals surface area contributed by atoms with Crippen LogP contribution < -0.4 is 0 Å². The van der Waals surface area contributed by atoms with Gasteiger partial charge in [-0.1, -0.05) is 18.2 Å². The predicted octanol–water partition coefficient (Wildman–Crippen LogP) is 1.29. The first-order valence-electron chi connectivity index (χ1n) is 3.84. The molecule has 0 fully saturated rings. The van der Waals surface area contributed by atoms with E-state index >= 15 is 0 Å². The Morgan fingerprint density at radius 2 is 2.07 bits per heavy atom. The Labute approximate surface area is 80.7 Å². The molecule has 0 N–H and O–H groups in total. The molecule has 5 heteroatoms. The van der Waals surface area contributed by atoms with E-state index in [1.165, 1.54) is 12.1 Å². The second-order valence-electron chi connectivity index (χ2n) is 2.58. The number of hydrogen-bond donors (Lipinski definition) is 0. The van der Waals surface area contributed by atoms with Gasteiger partial charge in [-0.3, -0.25) is 10.1 Å². The number of ether oxygens (including phenoxy) is 1. The Kier molecular flexibility index (Phi) is 2.79. The SMILES string of the molecule is COC(C#N)(c1ccccc1)[N+](=O)[O-]. The third-order valence-electron chi connectivity index (χ3n) is 1.87. The van der Waals surface area contributed by atoms with Gasteiger partial charge in [-0.25, -0.2) is 0 Å². The van der Waals surface area contributed by atoms with E-state index < -0.39 is 10.6 Å². The van der Waals surface area contributed by atoms with Crippen LogP contribution in [0.1, 0.15) is 5.56 Å². The van der Waals surface area contributed by atoms with Gasteiger partial charge in [-0.2, -0.15) is 5.26 Å². The van der Waals surface area contributed by atoms with Gasteiger partial charge < -0.3 is 4.74 Å². The van der Waals surface area contributed by atoms with Crippen LogP contribution in [-0.2, 0) is 10.5 Å². The lowest BCUT2D eigenvalue weighted by Crippen LogP contribution is -2.35. The summed E-state index contributed by atoms with van der Waals surface area (Å²) in [5.41, 5.74) is -1.88. The van der Waals surface area contributed by atoms with Crippen molar-refractivity contribution in [3.05, 3.63) is 46.0 Å². The van der Waals surface area contributed by atoms with E-state index in [-0.39, 0.29) is 5.56 Å². The third-order valence-corrected chi connectivity index (χ3v) is 1.87. The maximum atomic E-state index is 10.7. The van der Waals surface area contributed by atoms with E-state index in [0.717, 1.165) is 7.11 Å². The van der Waals surface area contributed by atoms with Crippen molar-refractivity contribution in [3.63, 3.8) is 0 Å². The standard InChI is InChI=1S/C9H8N2O3/c1-14-9(7-10,11(12)13)8-5-3-2-4-6-8/h2-6H,1H3.